The van der Waals surface area contributed by atoms with Crippen molar-refractivity contribution in [3.63, 3.8) is 0 Å². The van der Waals surface area contributed by atoms with Crippen LogP contribution in [0.3, 0.4) is 0 Å². The number of benzene rings is 1. The molecule has 1 aromatic heterocycles. The predicted octanol–water partition coefficient (Wildman–Crippen LogP) is 5.35. The number of carbonyl (C=O) groups excluding carboxylic acids is 1. The molecule has 1 aliphatic rings. The molecule has 8 heteroatoms. The lowest BCUT2D eigenvalue weighted by molar-refractivity contribution is 0.00794. The minimum atomic E-state index is -1.26. The SMILES string of the molecule is COc1cc2nn([C@H]3C(C(C)(C)C)N(C(=O)OC(C)(C)C)C[C@H]3F)cc2cc1Br. The van der Waals surface area contributed by atoms with E-state index in [4.69, 9.17) is 9.47 Å². The third kappa shape index (κ3) is 4.37. The van der Waals surface area contributed by atoms with E-state index in [1.807, 2.05) is 59.9 Å². The number of amides is 1. The van der Waals surface area contributed by atoms with E-state index in [2.05, 4.69) is 21.0 Å². The maximum absolute atomic E-state index is 15.3. The van der Waals surface area contributed by atoms with Gasteiger partial charge >= 0.3 is 6.09 Å². The number of rotatable bonds is 2. The van der Waals surface area contributed by atoms with Gasteiger partial charge in [0.25, 0.3) is 0 Å². The minimum Gasteiger partial charge on any atom is -0.495 e. The third-order valence-corrected chi connectivity index (χ3v) is 5.64. The van der Waals surface area contributed by atoms with E-state index in [0.29, 0.717) is 11.3 Å². The number of fused-ring (bicyclic) bond motifs is 1. The number of aromatic nitrogens is 2. The maximum Gasteiger partial charge on any atom is 0.410 e. The molecule has 1 fully saturated rings. The fourth-order valence-electron chi connectivity index (χ4n) is 3.94. The average molecular weight is 470 g/mol. The molecule has 0 bridgehead atoms. The summed E-state index contributed by atoms with van der Waals surface area (Å²) in [4.78, 5) is 14.3. The van der Waals surface area contributed by atoms with Gasteiger partial charge in [0.1, 0.15) is 23.6 Å². The number of likely N-dealkylation sites (tertiary alicyclic amines) is 1. The second-order valence-corrected chi connectivity index (χ2v) is 10.5. The number of nitrogens with zero attached hydrogens (tertiary/aromatic N) is 3. The molecule has 0 N–H and O–H groups in total. The summed E-state index contributed by atoms with van der Waals surface area (Å²) in [6.07, 6.45) is 0.0729. The summed E-state index contributed by atoms with van der Waals surface area (Å²) in [6, 6.07) is 2.69. The van der Waals surface area contributed by atoms with Gasteiger partial charge < -0.3 is 9.47 Å². The summed E-state index contributed by atoms with van der Waals surface area (Å²) in [5.74, 6) is 0.661. The topological polar surface area (TPSA) is 56.6 Å². The number of methoxy groups -OCH3 is 1. The molecule has 1 amide bonds. The Morgan fingerprint density at radius 2 is 1.90 bits per heavy atom. The van der Waals surface area contributed by atoms with Crippen LogP contribution < -0.4 is 4.74 Å². The van der Waals surface area contributed by atoms with Crippen LogP contribution in [0.1, 0.15) is 47.6 Å². The average Bonchev–Trinajstić information content (AvgIpc) is 3.12. The number of ether oxygens (including phenoxy) is 2. The Kier molecular flexibility index (Phi) is 5.62. The molecular weight excluding hydrogens is 441 g/mol. The zero-order valence-electron chi connectivity index (χ0n) is 18.0. The number of hydrogen-bond donors (Lipinski definition) is 0. The summed E-state index contributed by atoms with van der Waals surface area (Å²) in [6.45, 7) is 11.4. The van der Waals surface area contributed by atoms with Gasteiger partial charge in [-0.05, 0) is 48.2 Å². The van der Waals surface area contributed by atoms with Gasteiger partial charge in [-0.25, -0.2) is 9.18 Å². The summed E-state index contributed by atoms with van der Waals surface area (Å²) in [5.41, 5.74) is -0.313. The van der Waals surface area contributed by atoms with Crippen LogP contribution in [0.2, 0.25) is 0 Å². The van der Waals surface area contributed by atoms with Gasteiger partial charge in [0.05, 0.1) is 29.7 Å². The Bertz CT molecular complexity index is 916. The van der Waals surface area contributed by atoms with Crippen molar-refractivity contribution in [3.05, 3.63) is 22.8 Å². The van der Waals surface area contributed by atoms with Crippen molar-refractivity contribution in [2.45, 2.75) is 65.4 Å². The molecule has 2 heterocycles. The van der Waals surface area contributed by atoms with Crippen LogP contribution in [0.15, 0.2) is 22.8 Å². The Morgan fingerprint density at radius 1 is 1.24 bits per heavy atom. The smallest absolute Gasteiger partial charge is 0.410 e. The van der Waals surface area contributed by atoms with Gasteiger partial charge in [-0.15, -0.1) is 0 Å². The van der Waals surface area contributed by atoms with Gasteiger partial charge in [0.15, 0.2) is 0 Å². The lowest BCUT2D eigenvalue weighted by atomic mass is 9.82. The zero-order chi connectivity index (χ0) is 21.7. The number of hydrogen-bond acceptors (Lipinski definition) is 4. The van der Waals surface area contributed by atoms with E-state index in [1.54, 1.807) is 11.8 Å². The first-order chi connectivity index (χ1) is 13.3. The molecule has 6 nitrogen and oxygen atoms in total. The van der Waals surface area contributed by atoms with Crippen molar-refractivity contribution in [1.82, 2.24) is 14.7 Å². The normalized spacial score (nSPS) is 22.9. The van der Waals surface area contributed by atoms with Crippen LogP contribution in [0.25, 0.3) is 10.9 Å². The molecule has 29 heavy (non-hydrogen) atoms. The van der Waals surface area contributed by atoms with Crippen molar-refractivity contribution in [1.29, 1.82) is 0 Å². The molecule has 1 aromatic carbocycles. The van der Waals surface area contributed by atoms with Crippen LogP contribution in [0, 0.1) is 5.41 Å². The molecule has 2 aromatic rings. The van der Waals surface area contributed by atoms with Crippen molar-refractivity contribution >= 4 is 32.9 Å². The van der Waals surface area contributed by atoms with Crippen LogP contribution >= 0.6 is 15.9 Å². The van der Waals surface area contributed by atoms with Gasteiger partial charge in [-0.2, -0.15) is 5.10 Å². The molecule has 0 saturated carbocycles. The minimum absolute atomic E-state index is 0.0231. The van der Waals surface area contributed by atoms with Crippen molar-refractivity contribution in [2.24, 2.45) is 5.41 Å². The first-order valence-electron chi connectivity index (χ1n) is 9.68. The van der Waals surface area contributed by atoms with Crippen molar-refractivity contribution in [2.75, 3.05) is 13.7 Å². The fourth-order valence-corrected chi connectivity index (χ4v) is 4.47. The monoisotopic (exact) mass is 469 g/mol. The lowest BCUT2D eigenvalue weighted by Gasteiger charge is -2.38. The largest absolute Gasteiger partial charge is 0.495 e. The molecule has 160 valence electrons. The number of halogens is 2. The molecule has 1 aliphatic heterocycles. The van der Waals surface area contributed by atoms with Crippen molar-refractivity contribution in [3.8, 4) is 5.75 Å². The predicted molar refractivity (Wildman–Crippen MR) is 114 cm³/mol. The third-order valence-electron chi connectivity index (χ3n) is 5.02. The fraction of sp³-hybridized carbons (Fsp3) is 0.619. The molecule has 3 rings (SSSR count). The zero-order valence-corrected chi connectivity index (χ0v) is 19.6. The van der Waals surface area contributed by atoms with E-state index >= 15 is 4.39 Å². The Balaban J connectivity index is 2.03. The van der Waals surface area contributed by atoms with Crippen LogP contribution in [-0.2, 0) is 4.74 Å². The van der Waals surface area contributed by atoms with Gasteiger partial charge in [-0.3, -0.25) is 9.58 Å². The summed E-state index contributed by atoms with van der Waals surface area (Å²) in [5, 5.41) is 5.49. The molecule has 3 atom stereocenters. The van der Waals surface area contributed by atoms with E-state index < -0.39 is 29.9 Å². The molecule has 1 unspecified atom stereocenters. The summed E-state index contributed by atoms with van der Waals surface area (Å²) < 4.78 is 28.7. The van der Waals surface area contributed by atoms with E-state index in [9.17, 15) is 4.79 Å². The highest BCUT2D eigenvalue weighted by Crippen LogP contribution is 2.42. The highest BCUT2D eigenvalue weighted by atomic mass is 79.9. The van der Waals surface area contributed by atoms with Crippen LogP contribution in [-0.4, -0.2) is 52.2 Å². The first kappa shape index (κ1) is 21.9. The highest BCUT2D eigenvalue weighted by molar-refractivity contribution is 9.10. The lowest BCUT2D eigenvalue weighted by Crippen LogP contribution is -2.48. The molecule has 0 radical (unpaired) electrons. The van der Waals surface area contributed by atoms with Crippen molar-refractivity contribution < 1.29 is 18.7 Å². The quantitative estimate of drug-likeness (QED) is 0.594. The van der Waals surface area contributed by atoms with E-state index in [1.165, 1.54) is 4.90 Å². The Morgan fingerprint density at radius 3 is 2.45 bits per heavy atom. The number of carbonyl (C=O) groups is 1. The van der Waals surface area contributed by atoms with Crippen LogP contribution in [0.5, 0.6) is 5.75 Å². The maximum atomic E-state index is 15.3. The number of alkyl halides is 1. The van der Waals surface area contributed by atoms with Gasteiger partial charge in [0, 0.05) is 17.6 Å². The Hall–Kier alpha value is -1.83. The summed E-state index contributed by atoms with van der Waals surface area (Å²) in [7, 11) is 1.59. The van der Waals surface area contributed by atoms with Gasteiger partial charge in [-0.1, -0.05) is 20.8 Å². The molecule has 1 saturated heterocycles. The van der Waals surface area contributed by atoms with E-state index in [-0.39, 0.29) is 12.0 Å². The summed E-state index contributed by atoms with van der Waals surface area (Å²) >= 11 is 3.48. The van der Waals surface area contributed by atoms with E-state index in [0.717, 1.165) is 9.86 Å². The second kappa shape index (κ2) is 7.45. The van der Waals surface area contributed by atoms with Gasteiger partial charge in [0.2, 0.25) is 0 Å². The first-order valence-corrected chi connectivity index (χ1v) is 10.5. The molecule has 0 aliphatic carbocycles. The molecular formula is C21H29BrFN3O3. The Labute approximate surface area is 179 Å². The highest BCUT2D eigenvalue weighted by Gasteiger charge is 2.52. The molecule has 0 spiro atoms. The van der Waals surface area contributed by atoms with Crippen LogP contribution in [0.4, 0.5) is 9.18 Å². The second-order valence-electron chi connectivity index (χ2n) is 9.60. The standard InChI is InChI=1S/C21H29BrFN3O3/c1-20(2,3)18-17(14(23)11-25(18)19(27)29-21(4,5)6)26-10-12-8-13(22)16(28-7)9-15(12)24-26/h8-10,14,17-18H,11H2,1-7H3/t14-,17-,18?/m1/s1.